The minimum atomic E-state index is 0.721. The molecule has 18 heavy (non-hydrogen) atoms. The van der Waals surface area contributed by atoms with Crippen LogP contribution in [0.1, 0.15) is 12.8 Å². The fraction of sp³-hybridized carbons (Fsp3) is 0.429. The first-order valence-corrected chi connectivity index (χ1v) is 6.36. The lowest BCUT2D eigenvalue weighted by atomic mass is 10.2. The molecule has 1 N–H and O–H groups in total. The van der Waals surface area contributed by atoms with Crippen molar-refractivity contribution in [3.8, 4) is 0 Å². The Labute approximate surface area is 108 Å². The zero-order chi connectivity index (χ0) is 12.8. The van der Waals surface area contributed by atoms with E-state index in [2.05, 4.69) is 34.3 Å². The molecule has 0 aliphatic heterocycles. The molecule has 0 spiro atoms. The van der Waals surface area contributed by atoms with Crippen molar-refractivity contribution in [2.24, 2.45) is 0 Å². The largest absolute Gasteiger partial charge is 0.354 e. The summed E-state index contributed by atoms with van der Waals surface area (Å²) in [6.45, 7) is 2.05. The van der Waals surface area contributed by atoms with Gasteiger partial charge in [0, 0.05) is 18.1 Å². The van der Waals surface area contributed by atoms with Crippen molar-refractivity contribution in [2.45, 2.75) is 12.8 Å². The van der Waals surface area contributed by atoms with Gasteiger partial charge in [0.25, 0.3) is 0 Å². The number of hydrogen-bond donors (Lipinski definition) is 1. The lowest BCUT2D eigenvalue weighted by Crippen LogP contribution is -2.14. The predicted octanol–water partition coefficient (Wildman–Crippen LogP) is 2.38. The Bertz CT molecular complexity index is 496. The van der Waals surface area contributed by atoms with Gasteiger partial charge in [0.2, 0.25) is 5.95 Å². The van der Waals surface area contributed by atoms with E-state index in [1.807, 2.05) is 30.5 Å². The summed E-state index contributed by atoms with van der Waals surface area (Å²) in [6, 6.07) is 8.03. The zero-order valence-electron chi connectivity index (χ0n) is 11.1. The lowest BCUT2D eigenvalue weighted by Gasteiger charge is -2.09. The average molecular weight is 244 g/mol. The van der Waals surface area contributed by atoms with Crippen molar-refractivity contribution in [2.75, 3.05) is 32.5 Å². The molecule has 1 aromatic heterocycles. The summed E-state index contributed by atoms with van der Waals surface area (Å²) in [4.78, 5) is 11.0. The van der Waals surface area contributed by atoms with Gasteiger partial charge >= 0.3 is 0 Å². The number of unbranched alkanes of at least 4 members (excludes halogenated alkanes) is 1. The number of fused-ring (bicyclic) bond motifs is 1. The smallest absolute Gasteiger partial charge is 0.223 e. The van der Waals surface area contributed by atoms with Gasteiger partial charge < -0.3 is 10.2 Å². The van der Waals surface area contributed by atoms with Gasteiger partial charge in [0.1, 0.15) is 0 Å². The highest BCUT2D eigenvalue weighted by Gasteiger charge is 1.98. The molecule has 4 heteroatoms. The first-order valence-electron chi connectivity index (χ1n) is 6.36. The first kappa shape index (κ1) is 12.8. The normalized spacial score (nSPS) is 11.1. The molecule has 2 rings (SSSR count). The lowest BCUT2D eigenvalue weighted by molar-refractivity contribution is 0.396. The summed E-state index contributed by atoms with van der Waals surface area (Å²) in [6.07, 6.45) is 4.19. The molecule has 4 nitrogen and oxygen atoms in total. The van der Waals surface area contributed by atoms with Crippen molar-refractivity contribution in [3.63, 3.8) is 0 Å². The topological polar surface area (TPSA) is 41.0 Å². The van der Waals surface area contributed by atoms with Crippen LogP contribution in [0, 0.1) is 0 Å². The third kappa shape index (κ3) is 3.67. The van der Waals surface area contributed by atoms with Crippen LogP contribution in [0.2, 0.25) is 0 Å². The standard InChI is InChI=1S/C14H20N4/c1-18(2)10-6-5-9-15-14-16-11-12-7-3-4-8-13(12)17-14/h3-4,7-8,11H,5-6,9-10H2,1-2H3,(H,15,16,17). The zero-order valence-corrected chi connectivity index (χ0v) is 11.1. The Morgan fingerprint density at radius 2 is 2.00 bits per heavy atom. The van der Waals surface area contributed by atoms with Crippen molar-refractivity contribution in [3.05, 3.63) is 30.5 Å². The number of benzene rings is 1. The van der Waals surface area contributed by atoms with Crippen LogP contribution in [0.25, 0.3) is 10.9 Å². The molecule has 2 aromatic rings. The summed E-state index contributed by atoms with van der Waals surface area (Å²) in [5.41, 5.74) is 0.989. The van der Waals surface area contributed by atoms with Crippen molar-refractivity contribution >= 4 is 16.9 Å². The number of anilines is 1. The third-order valence-electron chi connectivity index (χ3n) is 2.80. The van der Waals surface area contributed by atoms with Gasteiger partial charge in [0.15, 0.2) is 0 Å². The fourth-order valence-corrected chi connectivity index (χ4v) is 1.81. The molecule has 0 unspecified atom stereocenters. The molecule has 0 aliphatic rings. The van der Waals surface area contributed by atoms with E-state index in [0.717, 1.165) is 36.4 Å². The summed E-state index contributed by atoms with van der Waals surface area (Å²) < 4.78 is 0. The monoisotopic (exact) mass is 244 g/mol. The SMILES string of the molecule is CN(C)CCCCNc1ncc2ccccc2n1. The number of nitrogens with zero attached hydrogens (tertiary/aromatic N) is 3. The minimum Gasteiger partial charge on any atom is -0.354 e. The summed E-state index contributed by atoms with van der Waals surface area (Å²) >= 11 is 0. The first-order chi connectivity index (χ1) is 8.75. The van der Waals surface area contributed by atoms with Crippen LogP contribution in [0.3, 0.4) is 0 Å². The van der Waals surface area contributed by atoms with Gasteiger partial charge in [-0.05, 0) is 39.5 Å². The predicted molar refractivity (Wildman–Crippen MR) is 75.8 cm³/mol. The molecule has 0 aliphatic carbocycles. The maximum Gasteiger partial charge on any atom is 0.223 e. The van der Waals surface area contributed by atoms with Gasteiger partial charge in [-0.15, -0.1) is 0 Å². The molecule has 96 valence electrons. The molecule has 0 saturated carbocycles. The number of hydrogen-bond acceptors (Lipinski definition) is 4. The molecule has 0 radical (unpaired) electrons. The molecular formula is C14H20N4. The summed E-state index contributed by atoms with van der Waals surface area (Å²) in [5.74, 6) is 0.721. The van der Waals surface area contributed by atoms with E-state index in [-0.39, 0.29) is 0 Å². The van der Waals surface area contributed by atoms with E-state index in [1.54, 1.807) is 0 Å². The molecular weight excluding hydrogens is 224 g/mol. The van der Waals surface area contributed by atoms with E-state index < -0.39 is 0 Å². The second-order valence-corrected chi connectivity index (χ2v) is 4.69. The van der Waals surface area contributed by atoms with Crippen molar-refractivity contribution < 1.29 is 0 Å². The van der Waals surface area contributed by atoms with Crippen molar-refractivity contribution in [1.82, 2.24) is 14.9 Å². The molecule has 0 bridgehead atoms. The summed E-state index contributed by atoms with van der Waals surface area (Å²) in [7, 11) is 4.19. The average Bonchev–Trinajstić information content (AvgIpc) is 2.38. The minimum absolute atomic E-state index is 0.721. The highest BCUT2D eigenvalue weighted by atomic mass is 15.1. The molecule has 0 fully saturated rings. The van der Waals surface area contributed by atoms with E-state index in [0.29, 0.717) is 0 Å². The van der Waals surface area contributed by atoms with E-state index >= 15 is 0 Å². The molecule has 0 atom stereocenters. The second-order valence-electron chi connectivity index (χ2n) is 4.69. The van der Waals surface area contributed by atoms with Crippen LogP contribution in [0.5, 0.6) is 0 Å². The quantitative estimate of drug-likeness (QED) is 0.792. The van der Waals surface area contributed by atoms with Gasteiger partial charge in [-0.3, -0.25) is 0 Å². The van der Waals surface area contributed by atoms with E-state index in [4.69, 9.17) is 0 Å². The van der Waals surface area contributed by atoms with E-state index in [9.17, 15) is 0 Å². The van der Waals surface area contributed by atoms with Crippen LogP contribution in [0.4, 0.5) is 5.95 Å². The Balaban J connectivity index is 1.84. The van der Waals surface area contributed by atoms with E-state index in [1.165, 1.54) is 6.42 Å². The fourth-order valence-electron chi connectivity index (χ4n) is 1.81. The molecule has 0 saturated heterocycles. The summed E-state index contributed by atoms with van der Waals surface area (Å²) in [5, 5.41) is 4.35. The van der Waals surface area contributed by atoms with Crippen LogP contribution >= 0.6 is 0 Å². The third-order valence-corrected chi connectivity index (χ3v) is 2.80. The Kier molecular flexibility index (Phi) is 4.47. The number of nitrogens with one attached hydrogen (secondary N) is 1. The Morgan fingerprint density at radius 1 is 1.17 bits per heavy atom. The molecule has 0 amide bonds. The van der Waals surface area contributed by atoms with Crippen LogP contribution in [-0.4, -0.2) is 42.1 Å². The van der Waals surface area contributed by atoms with Crippen LogP contribution < -0.4 is 5.32 Å². The van der Waals surface area contributed by atoms with Crippen LogP contribution in [-0.2, 0) is 0 Å². The maximum absolute atomic E-state index is 4.48. The van der Waals surface area contributed by atoms with Gasteiger partial charge in [-0.25, -0.2) is 9.97 Å². The molecule has 1 heterocycles. The van der Waals surface area contributed by atoms with Gasteiger partial charge in [-0.1, -0.05) is 18.2 Å². The number of aromatic nitrogens is 2. The van der Waals surface area contributed by atoms with Gasteiger partial charge in [-0.2, -0.15) is 0 Å². The number of rotatable bonds is 6. The Hall–Kier alpha value is -1.68. The maximum atomic E-state index is 4.48. The van der Waals surface area contributed by atoms with Gasteiger partial charge in [0.05, 0.1) is 5.52 Å². The highest BCUT2D eigenvalue weighted by molar-refractivity contribution is 5.78. The Morgan fingerprint density at radius 3 is 2.83 bits per heavy atom. The highest BCUT2D eigenvalue weighted by Crippen LogP contribution is 2.11. The van der Waals surface area contributed by atoms with Crippen LogP contribution in [0.15, 0.2) is 30.5 Å². The molecule has 1 aromatic carbocycles. The van der Waals surface area contributed by atoms with Crippen molar-refractivity contribution in [1.29, 1.82) is 0 Å². The second kappa shape index (κ2) is 6.31. The number of para-hydroxylation sites is 1.